The van der Waals surface area contributed by atoms with E-state index in [0.717, 1.165) is 61.2 Å². The molecule has 0 unspecified atom stereocenters. The fraction of sp³-hybridized carbons (Fsp3) is 0.500. The second kappa shape index (κ2) is 8.11. The molecule has 0 saturated heterocycles. The first kappa shape index (κ1) is 18.1. The summed E-state index contributed by atoms with van der Waals surface area (Å²) in [6.07, 6.45) is 6.49. The van der Waals surface area contributed by atoms with Crippen molar-refractivity contribution in [2.75, 3.05) is 6.54 Å². The van der Waals surface area contributed by atoms with Crippen molar-refractivity contribution in [2.45, 2.75) is 57.4 Å². The Kier molecular flexibility index (Phi) is 5.86. The molecule has 0 aliphatic heterocycles. The first-order valence-electron chi connectivity index (χ1n) is 9.09. The van der Waals surface area contributed by atoms with E-state index in [-0.39, 0.29) is 0 Å². The maximum Gasteiger partial charge on any atom is 0.323 e. The first-order valence-corrected chi connectivity index (χ1v) is 9.97. The number of aliphatic carboxylic acids is 1. The van der Waals surface area contributed by atoms with E-state index < -0.39 is 11.5 Å². The highest BCUT2D eigenvalue weighted by atomic mass is 32.1. The number of rotatable bonds is 6. The van der Waals surface area contributed by atoms with Crippen molar-refractivity contribution in [2.24, 2.45) is 0 Å². The molecule has 2 N–H and O–H groups in total. The number of hydrogen-bond donors (Lipinski definition) is 2. The number of hydrogen-bond acceptors (Lipinski definition) is 4. The zero-order valence-electron chi connectivity index (χ0n) is 14.8. The van der Waals surface area contributed by atoms with Crippen LogP contribution in [0.5, 0.6) is 0 Å². The maximum absolute atomic E-state index is 11.8. The molecule has 0 radical (unpaired) electrons. The molecule has 1 aromatic carbocycles. The SMILES string of the molecule is Cc1ccc(-c2nc(CCNC3(C(=O)O)CCCCCC3)cs2)cc1. The fourth-order valence-electron chi connectivity index (χ4n) is 3.48. The number of carbonyl (C=O) groups is 1. The van der Waals surface area contributed by atoms with Gasteiger partial charge in [-0.15, -0.1) is 11.3 Å². The normalized spacial score (nSPS) is 17.2. The van der Waals surface area contributed by atoms with Crippen LogP contribution in [0.15, 0.2) is 29.6 Å². The average molecular weight is 359 g/mol. The van der Waals surface area contributed by atoms with E-state index in [0.29, 0.717) is 6.54 Å². The van der Waals surface area contributed by atoms with Gasteiger partial charge in [0.05, 0.1) is 5.69 Å². The fourth-order valence-corrected chi connectivity index (χ4v) is 4.34. The number of carboxylic acids is 1. The van der Waals surface area contributed by atoms with Crippen LogP contribution in [0, 0.1) is 6.92 Å². The summed E-state index contributed by atoms with van der Waals surface area (Å²) < 4.78 is 0. The summed E-state index contributed by atoms with van der Waals surface area (Å²) in [6.45, 7) is 2.73. The third-order valence-electron chi connectivity index (χ3n) is 5.06. The molecule has 0 amide bonds. The van der Waals surface area contributed by atoms with Gasteiger partial charge in [-0.05, 0) is 19.8 Å². The van der Waals surface area contributed by atoms with E-state index in [1.165, 1.54) is 5.56 Å². The maximum atomic E-state index is 11.8. The monoisotopic (exact) mass is 358 g/mol. The minimum Gasteiger partial charge on any atom is -0.480 e. The Hall–Kier alpha value is -1.72. The molecule has 5 heteroatoms. The molecule has 1 aliphatic carbocycles. The molecule has 1 fully saturated rings. The van der Waals surface area contributed by atoms with E-state index in [2.05, 4.69) is 41.9 Å². The van der Waals surface area contributed by atoms with Gasteiger partial charge in [0.2, 0.25) is 0 Å². The molecule has 0 bridgehead atoms. The number of thiazole rings is 1. The van der Waals surface area contributed by atoms with Crippen LogP contribution >= 0.6 is 11.3 Å². The number of aryl methyl sites for hydroxylation is 1. The van der Waals surface area contributed by atoms with Crippen molar-refractivity contribution in [1.29, 1.82) is 0 Å². The quantitative estimate of drug-likeness (QED) is 0.750. The number of nitrogens with zero attached hydrogens (tertiary/aromatic N) is 1. The van der Waals surface area contributed by atoms with Gasteiger partial charge in [0.25, 0.3) is 0 Å². The Morgan fingerprint density at radius 3 is 2.52 bits per heavy atom. The highest BCUT2D eigenvalue weighted by molar-refractivity contribution is 7.13. The lowest BCUT2D eigenvalue weighted by Crippen LogP contribution is -2.52. The van der Waals surface area contributed by atoms with Gasteiger partial charge < -0.3 is 10.4 Å². The van der Waals surface area contributed by atoms with Gasteiger partial charge in [-0.2, -0.15) is 0 Å². The molecule has 1 heterocycles. The second-order valence-corrected chi connectivity index (χ2v) is 7.85. The lowest BCUT2D eigenvalue weighted by atomic mass is 9.90. The topological polar surface area (TPSA) is 62.2 Å². The highest BCUT2D eigenvalue weighted by Gasteiger charge is 2.37. The smallest absolute Gasteiger partial charge is 0.323 e. The van der Waals surface area contributed by atoms with Crippen LogP contribution < -0.4 is 5.32 Å². The number of aromatic nitrogens is 1. The second-order valence-electron chi connectivity index (χ2n) is 6.99. The predicted molar refractivity (Wildman–Crippen MR) is 102 cm³/mol. The molecule has 0 spiro atoms. The van der Waals surface area contributed by atoms with Crippen molar-refractivity contribution >= 4 is 17.3 Å². The van der Waals surface area contributed by atoms with Crippen molar-refractivity contribution in [3.8, 4) is 10.6 Å². The van der Waals surface area contributed by atoms with Crippen molar-refractivity contribution < 1.29 is 9.90 Å². The Morgan fingerprint density at radius 2 is 1.88 bits per heavy atom. The van der Waals surface area contributed by atoms with Crippen molar-refractivity contribution in [3.05, 3.63) is 40.9 Å². The van der Waals surface area contributed by atoms with E-state index in [1.54, 1.807) is 11.3 Å². The van der Waals surface area contributed by atoms with E-state index in [4.69, 9.17) is 4.98 Å². The van der Waals surface area contributed by atoms with Gasteiger partial charge >= 0.3 is 5.97 Å². The van der Waals surface area contributed by atoms with Crippen LogP contribution in [0.25, 0.3) is 10.6 Å². The van der Waals surface area contributed by atoms with Crippen LogP contribution in [-0.4, -0.2) is 28.1 Å². The van der Waals surface area contributed by atoms with Gasteiger partial charge in [0.1, 0.15) is 10.5 Å². The lowest BCUT2D eigenvalue weighted by Gasteiger charge is -2.29. The Bertz CT molecular complexity index is 701. The minimum atomic E-state index is -0.744. The van der Waals surface area contributed by atoms with E-state index in [9.17, 15) is 9.90 Å². The number of benzene rings is 1. The van der Waals surface area contributed by atoms with Crippen molar-refractivity contribution in [3.63, 3.8) is 0 Å². The summed E-state index contributed by atoms with van der Waals surface area (Å²) >= 11 is 1.65. The summed E-state index contributed by atoms with van der Waals surface area (Å²) in [5, 5.41) is 16.2. The van der Waals surface area contributed by atoms with Gasteiger partial charge in [-0.25, -0.2) is 4.98 Å². The number of nitrogens with one attached hydrogen (secondary N) is 1. The Labute approximate surface area is 153 Å². The molecule has 25 heavy (non-hydrogen) atoms. The van der Waals surface area contributed by atoms with Crippen LogP contribution in [0.1, 0.15) is 49.8 Å². The van der Waals surface area contributed by atoms with Crippen LogP contribution in [-0.2, 0) is 11.2 Å². The molecule has 1 aromatic heterocycles. The third kappa shape index (κ3) is 4.47. The zero-order chi connectivity index (χ0) is 17.7. The van der Waals surface area contributed by atoms with Crippen LogP contribution in [0.3, 0.4) is 0 Å². The van der Waals surface area contributed by atoms with Crippen LogP contribution in [0.4, 0.5) is 0 Å². The molecule has 3 rings (SSSR count). The lowest BCUT2D eigenvalue weighted by molar-refractivity contribution is -0.145. The summed E-state index contributed by atoms with van der Waals surface area (Å²) in [4.78, 5) is 16.5. The summed E-state index contributed by atoms with van der Waals surface area (Å²) in [6, 6.07) is 8.39. The molecule has 0 atom stereocenters. The molecular weight excluding hydrogens is 332 g/mol. The molecule has 134 valence electrons. The van der Waals surface area contributed by atoms with Gasteiger partial charge in [0.15, 0.2) is 0 Å². The standard InChI is InChI=1S/C20H26N2O2S/c1-15-6-8-16(9-7-15)18-22-17(14-25-18)10-13-21-20(19(23)24)11-4-2-3-5-12-20/h6-9,14,21H,2-5,10-13H2,1H3,(H,23,24). The summed E-state index contributed by atoms with van der Waals surface area (Å²) in [5.41, 5.74) is 2.67. The molecule has 2 aromatic rings. The first-order chi connectivity index (χ1) is 12.1. The Morgan fingerprint density at radius 1 is 1.20 bits per heavy atom. The van der Waals surface area contributed by atoms with Gasteiger partial charge in [0, 0.05) is 23.9 Å². The molecule has 1 aliphatic rings. The minimum absolute atomic E-state index is 0.656. The van der Waals surface area contributed by atoms with E-state index >= 15 is 0 Å². The Balaban J connectivity index is 1.60. The van der Waals surface area contributed by atoms with Crippen LogP contribution in [0.2, 0.25) is 0 Å². The number of carboxylic acid groups (broad SMARTS) is 1. The van der Waals surface area contributed by atoms with Gasteiger partial charge in [-0.1, -0.05) is 55.5 Å². The summed E-state index contributed by atoms with van der Waals surface area (Å²) in [7, 11) is 0. The highest BCUT2D eigenvalue weighted by Crippen LogP contribution is 2.28. The largest absolute Gasteiger partial charge is 0.480 e. The molecular formula is C20H26N2O2S. The molecule has 1 saturated carbocycles. The summed E-state index contributed by atoms with van der Waals surface area (Å²) in [5.74, 6) is -0.701. The average Bonchev–Trinajstić information content (AvgIpc) is 2.93. The zero-order valence-corrected chi connectivity index (χ0v) is 15.6. The van der Waals surface area contributed by atoms with Crippen molar-refractivity contribution in [1.82, 2.24) is 10.3 Å². The molecule has 4 nitrogen and oxygen atoms in total. The van der Waals surface area contributed by atoms with E-state index in [1.807, 2.05) is 0 Å². The van der Waals surface area contributed by atoms with Gasteiger partial charge in [-0.3, -0.25) is 4.79 Å². The third-order valence-corrected chi connectivity index (χ3v) is 6.00. The predicted octanol–water partition coefficient (Wildman–Crippen LogP) is 4.43.